The van der Waals surface area contributed by atoms with Gasteiger partial charge in [-0.25, -0.2) is 22.2 Å². The van der Waals surface area contributed by atoms with E-state index in [-0.39, 0.29) is 23.7 Å². The zero-order valence-corrected chi connectivity index (χ0v) is 18.7. The van der Waals surface area contributed by atoms with Crippen molar-refractivity contribution in [1.82, 2.24) is 19.8 Å². The highest BCUT2D eigenvalue weighted by molar-refractivity contribution is 7.89. The number of nitrogens with zero attached hydrogens (tertiary/aromatic N) is 2. The summed E-state index contributed by atoms with van der Waals surface area (Å²) in [5, 5.41) is 6.48. The van der Waals surface area contributed by atoms with Gasteiger partial charge in [-0.2, -0.15) is 5.10 Å². The van der Waals surface area contributed by atoms with Crippen LogP contribution in [-0.2, 0) is 10.0 Å². The third-order valence-electron chi connectivity index (χ3n) is 4.74. The molecule has 1 aromatic heterocycles. The minimum atomic E-state index is -3.76. The van der Waals surface area contributed by atoms with Crippen LogP contribution in [0.25, 0.3) is 5.69 Å². The molecule has 3 aromatic rings. The Bertz CT molecular complexity index is 1340. The molecule has 0 aliphatic rings. The molecule has 32 heavy (non-hydrogen) atoms. The predicted molar refractivity (Wildman–Crippen MR) is 118 cm³/mol. The Hall–Kier alpha value is -3.37. The summed E-state index contributed by atoms with van der Waals surface area (Å²) in [5.74, 6) is -1.34. The summed E-state index contributed by atoms with van der Waals surface area (Å²) in [6.07, 6.45) is 0. The van der Waals surface area contributed by atoms with Crippen molar-refractivity contribution in [1.29, 1.82) is 0 Å². The first-order chi connectivity index (χ1) is 15.1. The first kappa shape index (κ1) is 23.3. The van der Waals surface area contributed by atoms with E-state index in [9.17, 15) is 22.4 Å². The molecule has 3 rings (SSSR count). The van der Waals surface area contributed by atoms with Crippen LogP contribution in [0.5, 0.6) is 0 Å². The second-order valence-corrected chi connectivity index (χ2v) is 9.02. The Labute approximate surface area is 185 Å². The van der Waals surface area contributed by atoms with Gasteiger partial charge in [-0.3, -0.25) is 9.59 Å². The van der Waals surface area contributed by atoms with Gasteiger partial charge in [0.15, 0.2) is 5.69 Å². The van der Waals surface area contributed by atoms with Crippen LogP contribution in [0.15, 0.2) is 58.2 Å². The van der Waals surface area contributed by atoms with E-state index < -0.39 is 32.9 Å². The zero-order chi connectivity index (χ0) is 23.5. The Morgan fingerprint density at radius 1 is 1.06 bits per heavy atom. The van der Waals surface area contributed by atoms with Gasteiger partial charge in [0, 0.05) is 24.8 Å². The molecule has 2 N–H and O–H groups in total. The molecule has 1 heterocycles. The topological polar surface area (TPSA) is 110 Å². The summed E-state index contributed by atoms with van der Waals surface area (Å²) < 4.78 is 42.8. The van der Waals surface area contributed by atoms with Gasteiger partial charge in [0.05, 0.1) is 4.90 Å². The molecule has 0 spiro atoms. The van der Waals surface area contributed by atoms with Gasteiger partial charge in [-0.05, 0) is 50.1 Å². The number of carbonyl (C=O) groups excluding carboxylic acids is 1. The SMILES string of the molecule is Cc1ccc(C)c(S(=O)(=O)NCCNC(=O)c2nn(-c3ccccc3F)c(C)cc2=O)c1. The van der Waals surface area contributed by atoms with Gasteiger partial charge in [-0.15, -0.1) is 0 Å². The number of hydrogen-bond acceptors (Lipinski definition) is 5. The fourth-order valence-corrected chi connectivity index (χ4v) is 4.45. The van der Waals surface area contributed by atoms with Crippen molar-refractivity contribution in [2.75, 3.05) is 13.1 Å². The van der Waals surface area contributed by atoms with Crippen LogP contribution in [0.4, 0.5) is 4.39 Å². The van der Waals surface area contributed by atoms with Gasteiger partial charge in [0.25, 0.3) is 5.91 Å². The summed E-state index contributed by atoms with van der Waals surface area (Å²) in [6, 6.07) is 12.1. The molecule has 0 saturated heterocycles. The van der Waals surface area contributed by atoms with Crippen LogP contribution in [0.1, 0.15) is 27.3 Å². The average Bonchev–Trinajstić information content (AvgIpc) is 2.73. The summed E-state index contributed by atoms with van der Waals surface area (Å²) in [6.45, 7) is 4.90. The van der Waals surface area contributed by atoms with E-state index in [0.29, 0.717) is 11.3 Å². The second kappa shape index (κ2) is 9.41. The molecular formula is C22H23FN4O4S. The highest BCUT2D eigenvalue weighted by Gasteiger charge is 2.18. The number of aromatic nitrogens is 2. The van der Waals surface area contributed by atoms with Crippen LogP contribution >= 0.6 is 0 Å². The third kappa shape index (κ3) is 5.09. The number of hydrogen-bond donors (Lipinski definition) is 2. The molecule has 0 saturated carbocycles. The van der Waals surface area contributed by atoms with Crippen molar-refractivity contribution >= 4 is 15.9 Å². The predicted octanol–water partition coefficient (Wildman–Crippen LogP) is 2.01. The van der Waals surface area contributed by atoms with Gasteiger partial charge >= 0.3 is 0 Å². The smallest absolute Gasteiger partial charge is 0.275 e. The Kier molecular flexibility index (Phi) is 6.85. The van der Waals surface area contributed by atoms with Gasteiger partial charge in [0.2, 0.25) is 15.5 Å². The molecule has 8 nitrogen and oxygen atoms in total. The number of amides is 1. The third-order valence-corrected chi connectivity index (χ3v) is 6.34. The van der Waals surface area contributed by atoms with Crippen molar-refractivity contribution in [3.63, 3.8) is 0 Å². The fourth-order valence-electron chi connectivity index (χ4n) is 3.09. The van der Waals surface area contributed by atoms with Gasteiger partial charge in [-0.1, -0.05) is 24.3 Å². The summed E-state index contributed by atoms with van der Waals surface area (Å²) in [7, 11) is -3.76. The molecule has 10 heteroatoms. The Balaban J connectivity index is 1.70. The highest BCUT2D eigenvalue weighted by atomic mass is 32.2. The van der Waals surface area contributed by atoms with Crippen molar-refractivity contribution < 1.29 is 17.6 Å². The fraction of sp³-hybridized carbons (Fsp3) is 0.227. The van der Waals surface area contributed by atoms with E-state index in [4.69, 9.17) is 0 Å². The molecule has 2 aromatic carbocycles. The van der Waals surface area contributed by atoms with E-state index in [1.54, 1.807) is 39.0 Å². The maximum atomic E-state index is 14.1. The lowest BCUT2D eigenvalue weighted by Gasteiger charge is -2.12. The molecule has 1 amide bonds. The van der Waals surface area contributed by atoms with Crippen molar-refractivity contribution in [3.8, 4) is 5.69 Å². The van der Waals surface area contributed by atoms with Crippen LogP contribution in [0.3, 0.4) is 0 Å². The maximum Gasteiger partial charge on any atom is 0.275 e. The number of para-hydroxylation sites is 1. The van der Waals surface area contributed by atoms with E-state index in [0.717, 1.165) is 5.56 Å². The van der Waals surface area contributed by atoms with E-state index in [1.807, 2.05) is 6.07 Å². The highest BCUT2D eigenvalue weighted by Crippen LogP contribution is 2.16. The average molecular weight is 459 g/mol. The van der Waals surface area contributed by atoms with Gasteiger partial charge in [0.1, 0.15) is 11.5 Å². The van der Waals surface area contributed by atoms with Crippen LogP contribution < -0.4 is 15.5 Å². The number of nitrogens with one attached hydrogen (secondary N) is 2. The summed E-state index contributed by atoms with van der Waals surface area (Å²) >= 11 is 0. The monoisotopic (exact) mass is 458 g/mol. The van der Waals surface area contributed by atoms with Crippen molar-refractivity contribution in [3.05, 3.63) is 87.1 Å². The molecule has 0 aliphatic carbocycles. The maximum absolute atomic E-state index is 14.1. The molecular weight excluding hydrogens is 435 g/mol. The molecule has 168 valence electrons. The quantitative estimate of drug-likeness (QED) is 0.527. The molecule has 0 radical (unpaired) electrons. The number of benzene rings is 2. The lowest BCUT2D eigenvalue weighted by atomic mass is 10.2. The number of halogens is 1. The number of rotatable bonds is 7. The lowest BCUT2D eigenvalue weighted by molar-refractivity contribution is 0.0946. The van der Waals surface area contributed by atoms with E-state index in [2.05, 4.69) is 15.1 Å². The molecule has 0 unspecified atom stereocenters. The van der Waals surface area contributed by atoms with E-state index in [1.165, 1.54) is 28.9 Å². The molecule has 0 bridgehead atoms. The van der Waals surface area contributed by atoms with Crippen LogP contribution in [-0.4, -0.2) is 37.2 Å². The minimum absolute atomic E-state index is 0.0718. The second-order valence-electron chi connectivity index (χ2n) is 7.28. The van der Waals surface area contributed by atoms with Gasteiger partial charge < -0.3 is 5.32 Å². The normalized spacial score (nSPS) is 11.4. The number of carbonyl (C=O) groups is 1. The first-order valence-electron chi connectivity index (χ1n) is 9.81. The van der Waals surface area contributed by atoms with Crippen molar-refractivity contribution in [2.45, 2.75) is 25.7 Å². The largest absolute Gasteiger partial charge is 0.349 e. The number of sulfonamides is 1. The summed E-state index contributed by atoms with van der Waals surface area (Å²) in [4.78, 5) is 24.9. The first-order valence-corrected chi connectivity index (χ1v) is 11.3. The molecule has 0 fully saturated rings. The minimum Gasteiger partial charge on any atom is -0.349 e. The van der Waals surface area contributed by atoms with Crippen LogP contribution in [0, 0.1) is 26.6 Å². The molecule has 0 aliphatic heterocycles. The standard InChI is InChI=1S/C22H23FN4O4S/c1-14-8-9-15(2)20(12-14)32(30,31)25-11-10-24-22(29)21-19(28)13-16(3)27(26-21)18-7-5-4-6-17(18)23/h4-9,12-13,25H,10-11H2,1-3H3,(H,24,29). The zero-order valence-electron chi connectivity index (χ0n) is 17.8. The van der Waals surface area contributed by atoms with E-state index >= 15 is 0 Å². The lowest BCUT2D eigenvalue weighted by Crippen LogP contribution is -2.37. The van der Waals surface area contributed by atoms with Crippen LogP contribution in [0.2, 0.25) is 0 Å². The Morgan fingerprint density at radius 3 is 2.50 bits per heavy atom. The Morgan fingerprint density at radius 2 is 1.78 bits per heavy atom. The van der Waals surface area contributed by atoms with Crippen molar-refractivity contribution in [2.24, 2.45) is 0 Å². The molecule has 0 atom stereocenters. The summed E-state index contributed by atoms with van der Waals surface area (Å²) in [5.41, 5.74) is 0.823. The number of aryl methyl sites for hydroxylation is 3.